The minimum Gasteiger partial charge on any atom is -0.489 e. The fraction of sp³-hybridized carbons (Fsp3) is 0.130. The first kappa shape index (κ1) is 22.5. The second-order valence-corrected chi connectivity index (χ2v) is 9.29. The first-order valence-electron chi connectivity index (χ1n) is 9.63. The van der Waals surface area contributed by atoms with Gasteiger partial charge in [0, 0.05) is 22.3 Å². The lowest BCUT2D eigenvalue weighted by Gasteiger charge is -2.08. The Hall–Kier alpha value is -2.68. The van der Waals surface area contributed by atoms with Gasteiger partial charge in [-0.25, -0.2) is 4.39 Å². The predicted molar refractivity (Wildman–Crippen MR) is 128 cm³/mol. The van der Waals surface area contributed by atoms with Crippen LogP contribution in [0.4, 0.5) is 10.2 Å². The van der Waals surface area contributed by atoms with Crippen LogP contribution in [0.2, 0.25) is 5.02 Å². The number of aromatic nitrogens is 2. The lowest BCUT2D eigenvalue weighted by molar-refractivity contribution is 0.103. The predicted octanol–water partition coefficient (Wildman–Crippen LogP) is 6.69. The van der Waals surface area contributed by atoms with Crippen molar-refractivity contribution in [3.8, 4) is 5.75 Å². The van der Waals surface area contributed by atoms with Crippen LogP contribution in [0, 0.1) is 12.7 Å². The van der Waals surface area contributed by atoms with Gasteiger partial charge in [0.05, 0.1) is 15.9 Å². The van der Waals surface area contributed by atoms with Crippen molar-refractivity contribution >= 4 is 50.6 Å². The molecule has 2 heterocycles. The van der Waals surface area contributed by atoms with Crippen molar-refractivity contribution in [3.05, 3.63) is 97.0 Å². The fourth-order valence-corrected chi connectivity index (χ4v) is 4.47. The number of nitrogens with one attached hydrogen (secondary N) is 1. The molecule has 0 aliphatic rings. The first-order valence-corrected chi connectivity index (χ1v) is 11.7. The smallest absolute Gasteiger partial charge is 0.266 e. The number of hydrogen-bond acceptors (Lipinski definition) is 4. The van der Waals surface area contributed by atoms with Gasteiger partial charge in [0.1, 0.15) is 18.2 Å². The van der Waals surface area contributed by atoms with E-state index in [2.05, 4.69) is 26.3 Å². The van der Waals surface area contributed by atoms with E-state index in [9.17, 15) is 9.18 Å². The van der Waals surface area contributed by atoms with Gasteiger partial charge in [-0.1, -0.05) is 29.8 Å². The zero-order chi connectivity index (χ0) is 22.7. The van der Waals surface area contributed by atoms with Crippen molar-refractivity contribution in [2.24, 2.45) is 0 Å². The molecule has 0 unspecified atom stereocenters. The quantitative estimate of drug-likeness (QED) is 0.287. The van der Waals surface area contributed by atoms with Crippen LogP contribution in [0.3, 0.4) is 0 Å². The van der Waals surface area contributed by atoms with E-state index in [0.29, 0.717) is 32.4 Å². The molecule has 0 aliphatic heterocycles. The molecule has 0 saturated heterocycles. The SMILES string of the molecule is Cc1cc(Cl)ccc1OCc1csc(C(=O)Nc2nn(Cc3ccccc3F)cc2Br)c1. The van der Waals surface area contributed by atoms with Crippen LogP contribution in [0.15, 0.2) is 64.6 Å². The molecule has 2 aromatic heterocycles. The molecule has 0 fully saturated rings. The van der Waals surface area contributed by atoms with Crippen LogP contribution in [0.5, 0.6) is 5.75 Å². The molecule has 0 radical (unpaired) electrons. The van der Waals surface area contributed by atoms with E-state index in [1.165, 1.54) is 17.4 Å². The maximum atomic E-state index is 13.9. The molecule has 0 bridgehead atoms. The molecule has 4 aromatic rings. The summed E-state index contributed by atoms with van der Waals surface area (Å²) in [5, 5.41) is 9.68. The third kappa shape index (κ3) is 5.38. The molecule has 1 N–H and O–H groups in total. The molecule has 0 aliphatic carbocycles. The van der Waals surface area contributed by atoms with Gasteiger partial charge >= 0.3 is 0 Å². The van der Waals surface area contributed by atoms with Crippen molar-refractivity contribution in [2.45, 2.75) is 20.1 Å². The molecule has 164 valence electrons. The highest BCUT2D eigenvalue weighted by Gasteiger charge is 2.15. The molecule has 0 spiro atoms. The number of carbonyl (C=O) groups excluding carboxylic acids is 1. The Bertz CT molecular complexity index is 1270. The van der Waals surface area contributed by atoms with E-state index in [1.807, 2.05) is 24.4 Å². The van der Waals surface area contributed by atoms with Crippen LogP contribution in [0.25, 0.3) is 0 Å². The molecule has 32 heavy (non-hydrogen) atoms. The molecule has 5 nitrogen and oxygen atoms in total. The summed E-state index contributed by atoms with van der Waals surface area (Å²) in [6.45, 7) is 2.52. The topological polar surface area (TPSA) is 56.1 Å². The zero-order valence-electron chi connectivity index (χ0n) is 16.9. The molecule has 0 atom stereocenters. The van der Waals surface area contributed by atoms with Gasteiger partial charge < -0.3 is 10.1 Å². The number of benzene rings is 2. The lowest BCUT2D eigenvalue weighted by atomic mass is 10.2. The van der Waals surface area contributed by atoms with Gasteiger partial charge in [-0.3, -0.25) is 9.48 Å². The number of aryl methyl sites for hydroxylation is 1. The summed E-state index contributed by atoms with van der Waals surface area (Å²) in [6.07, 6.45) is 1.70. The number of halogens is 3. The van der Waals surface area contributed by atoms with Crippen molar-refractivity contribution in [3.63, 3.8) is 0 Å². The normalized spacial score (nSPS) is 10.9. The molecular formula is C23H18BrClFN3O2S. The van der Waals surface area contributed by atoms with Crippen LogP contribution in [-0.2, 0) is 13.2 Å². The molecular weight excluding hydrogens is 517 g/mol. The largest absolute Gasteiger partial charge is 0.489 e. The Balaban J connectivity index is 1.39. The average Bonchev–Trinajstić information content (AvgIpc) is 3.36. The van der Waals surface area contributed by atoms with E-state index < -0.39 is 0 Å². The Labute approximate surface area is 201 Å². The van der Waals surface area contributed by atoms with E-state index in [4.69, 9.17) is 16.3 Å². The Morgan fingerprint density at radius 2 is 2.09 bits per heavy atom. The Morgan fingerprint density at radius 1 is 1.28 bits per heavy atom. The van der Waals surface area contributed by atoms with Crippen LogP contribution in [0.1, 0.15) is 26.4 Å². The highest BCUT2D eigenvalue weighted by atomic mass is 79.9. The third-order valence-electron chi connectivity index (χ3n) is 4.65. The van der Waals surface area contributed by atoms with E-state index in [0.717, 1.165) is 16.9 Å². The molecule has 9 heteroatoms. The van der Waals surface area contributed by atoms with Crippen LogP contribution < -0.4 is 10.1 Å². The van der Waals surface area contributed by atoms with Gasteiger partial charge in [0.25, 0.3) is 5.91 Å². The Kier molecular flexibility index (Phi) is 6.93. The number of nitrogens with zero attached hydrogens (tertiary/aromatic N) is 2. The van der Waals surface area contributed by atoms with Crippen molar-refractivity contribution in [1.29, 1.82) is 0 Å². The van der Waals surface area contributed by atoms with Crippen LogP contribution >= 0.6 is 38.9 Å². The average molecular weight is 535 g/mol. The maximum Gasteiger partial charge on any atom is 0.266 e. The van der Waals surface area contributed by atoms with Gasteiger partial charge in [-0.15, -0.1) is 11.3 Å². The van der Waals surface area contributed by atoms with Gasteiger partial charge in [-0.05, 0) is 64.1 Å². The number of hydrogen-bond donors (Lipinski definition) is 1. The van der Waals surface area contributed by atoms with Gasteiger partial charge in [0.2, 0.25) is 0 Å². The fourth-order valence-electron chi connectivity index (χ4n) is 3.04. The summed E-state index contributed by atoms with van der Waals surface area (Å²) < 4.78 is 21.9. The van der Waals surface area contributed by atoms with E-state index in [1.54, 1.807) is 41.2 Å². The number of carbonyl (C=O) groups is 1. The third-order valence-corrected chi connectivity index (χ3v) is 6.44. The maximum absolute atomic E-state index is 13.9. The minimum atomic E-state index is -0.299. The highest BCUT2D eigenvalue weighted by molar-refractivity contribution is 9.10. The number of anilines is 1. The monoisotopic (exact) mass is 533 g/mol. The molecule has 0 saturated carbocycles. The Morgan fingerprint density at radius 3 is 2.88 bits per heavy atom. The summed E-state index contributed by atoms with van der Waals surface area (Å²) in [5.41, 5.74) is 2.35. The number of amides is 1. The standard InChI is InChI=1S/C23H18BrClFN3O2S/c1-14-8-17(25)6-7-20(14)31-12-15-9-21(32-13-15)23(30)27-22-18(24)11-29(28-22)10-16-4-2-3-5-19(16)26/h2-9,11,13H,10,12H2,1H3,(H,27,28,30). The van der Waals surface area contributed by atoms with Crippen molar-refractivity contribution < 1.29 is 13.9 Å². The summed E-state index contributed by atoms with van der Waals surface area (Å²) in [7, 11) is 0. The summed E-state index contributed by atoms with van der Waals surface area (Å²) in [6, 6.07) is 13.7. The number of ether oxygens (including phenoxy) is 1. The van der Waals surface area contributed by atoms with Gasteiger partial charge in [0.15, 0.2) is 5.82 Å². The summed E-state index contributed by atoms with van der Waals surface area (Å²) in [4.78, 5) is 13.2. The molecule has 4 rings (SSSR count). The van der Waals surface area contributed by atoms with Crippen molar-refractivity contribution in [2.75, 3.05) is 5.32 Å². The van der Waals surface area contributed by atoms with E-state index in [-0.39, 0.29) is 18.3 Å². The summed E-state index contributed by atoms with van der Waals surface area (Å²) >= 11 is 10.7. The first-order chi connectivity index (χ1) is 15.4. The molecule has 1 amide bonds. The van der Waals surface area contributed by atoms with Crippen molar-refractivity contribution in [1.82, 2.24) is 9.78 Å². The zero-order valence-corrected chi connectivity index (χ0v) is 20.1. The second-order valence-electron chi connectivity index (χ2n) is 7.09. The van der Waals surface area contributed by atoms with E-state index >= 15 is 0 Å². The highest BCUT2D eigenvalue weighted by Crippen LogP contribution is 2.25. The minimum absolute atomic E-state index is 0.256. The number of thiophene rings is 1. The van der Waals surface area contributed by atoms with Gasteiger partial charge in [-0.2, -0.15) is 5.10 Å². The number of rotatable bonds is 7. The summed E-state index contributed by atoms with van der Waals surface area (Å²) in [5.74, 6) is 0.540. The lowest BCUT2D eigenvalue weighted by Crippen LogP contribution is -2.12. The molecule has 2 aromatic carbocycles. The van der Waals surface area contributed by atoms with Crippen LogP contribution in [-0.4, -0.2) is 15.7 Å². The second kappa shape index (κ2) is 9.85.